The van der Waals surface area contributed by atoms with Gasteiger partial charge < -0.3 is 25.6 Å². The van der Waals surface area contributed by atoms with Crippen molar-refractivity contribution in [1.29, 1.82) is 0 Å². The lowest BCUT2D eigenvalue weighted by Gasteiger charge is -2.18. The molecule has 1 aromatic rings. The molecule has 28 heavy (non-hydrogen) atoms. The van der Waals surface area contributed by atoms with Crippen LogP contribution in [0.1, 0.15) is 33.6 Å². The van der Waals surface area contributed by atoms with Crippen molar-refractivity contribution in [2.24, 2.45) is 4.99 Å². The van der Waals surface area contributed by atoms with Crippen molar-refractivity contribution in [1.82, 2.24) is 15.5 Å². The standard InChI is InChI=1S/C20H31N5O3/c1-4-19(27)25-11-9-17(14-25)24-20(21-5-2)22-10-12-28-18-8-6-7-16(13-18)23-15(3)26/h6-8,13,17H,4-5,9-12,14H2,1-3H3,(H,23,26)(H2,21,22,24). The lowest BCUT2D eigenvalue weighted by Crippen LogP contribution is -2.45. The number of nitrogens with one attached hydrogen (secondary N) is 3. The van der Waals surface area contributed by atoms with Gasteiger partial charge in [-0.15, -0.1) is 0 Å². The minimum Gasteiger partial charge on any atom is -0.492 e. The molecule has 8 heteroatoms. The topological polar surface area (TPSA) is 95.1 Å². The fraction of sp³-hybridized carbons (Fsp3) is 0.550. The molecule has 0 aromatic heterocycles. The van der Waals surface area contributed by atoms with E-state index in [4.69, 9.17) is 4.74 Å². The number of guanidine groups is 1. The molecule has 3 N–H and O–H groups in total. The molecule has 8 nitrogen and oxygen atoms in total. The number of rotatable bonds is 8. The molecule has 0 aliphatic carbocycles. The summed E-state index contributed by atoms with van der Waals surface area (Å²) in [6, 6.07) is 7.48. The smallest absolute Gasteiger partial charge is 0.222 e. The average molecular weight is 390 g/mol. The molecular formula is C20H31N5O3. The van der Waals surface area contributed by atoms with Gasteiger partial charge in [0.05, 0.1) is 6.54 Å². The van der Waals surface area contributed by atoms with E-state index in [0.717, 1.165) is 25.5 Å². The van der Waals surface area contributed by atoms with E-state index in [9.17, 15) is 9.59 Å². The number of carbonyl (C=O) groups excluding carboxylic acids is 2. The van der Waals surface area contributed by atoms with Gasteiger partial charge in [0.15, 0.2) is 5.96 Å². The third kappa shape index (κ3) is 7.09. The second-order valence-electron chi connectivity index (χ2n) is 6.64. The number of ether oxygens (including phenoxy) is 1. The van der Waals surface area contributed by atoms with Crippen LogP contribution >= 0.6 is 0 Å². The second-order valence-corrected chi connectivity index (χ2v) is 6.64. The second kappa shape index (κ2) is 11.2. The molecule has 1 aliphatic heterocycles. The monoisotopic (exact) mass is 389 g/mol. The van der Waals surface area contributed by atoms with Crippen LogP contribution in [0.5, 0.6) is 5.75 Å². The van der Waals surface area contributed by atoms with Crippen molar-refractivity contribution in [3.63, 3.8) is 0 Å². The van der Waals surface area contributed by atoms with E-state index in [1.807, 2.05) is 36.9 Å². The summed E-state index contributed by atoms with van der Waals surface area (Å²) in [5.41, 5.74) is 0.705. The summed E-state index contributed by atoms with van der Waals surface area (Å²) in [4.78, 5) is 29.4. The Kier molecular flexibility index (Phi) is 8.58. The Morgan fingerprint density at radius 1 is 1.32 bits per heavy atom. The summed E-state index contributed by atoms with van der Waals surface area (Å²) in [6.07, 6.45) is 1.46. The first-order valence-corrected chi connectivity index (χ1v) is 9.84. The van der Waals surface area contributed by atoms with E-state index in [0.29, 0.717) is 37.6 Å². The number of carbonyl (C=O) groups is 2. The molecule has 0 spiro atoms. The largest absolute Gasteiger partial charge is 0.492 e. The van der Waals surface area contributed by atoms with E-state index in [-0.39, 0.29) is 17.9 Å². The Morgan fingerprint density at radius 3 is 2.86 bits per heavy atom. The molecule has 1 aliphatic rings. The van der Waals surface area contributed by atoms with Crippen molar-refractivity contribution in [3.05, 3.63) is 24.3 Å². The van der Waals surface area contributed by atoms with Crippen LogP contribution in [0.25, 0.3) is 0 Å². The average Bonchev–Trinajstić information content (AvgIpc) is 3.13. The number of amides is 2. The molecule has 2 rings (SSSR count). The summed E-state index contributed by atoms with van der Waals surface area (Å²) < 4.78 is 5.72. The Hall–Kier alpha value is -2.77. The Bertz CT molecular complexity index is 692. The highest BCUT2D eigenvalue weighted by Gasteiger charge is 2.25. The van der Waals surface area contributed by atoms with Gasteiger partial charge in [-0.3, -0.25) is 9.59 Å². The molecule has 1 aromatic carbocycles. The Balaban J connectivity index is 1.81. The quantitative estimate of drug-likeness (QED) is 0.357. The number of hydrogen-bond acceptors (Lipinski definition) is 4. The van der Waals surface area contributed by atoms with Crippen molar-refractivity contribution >= 4 is 23.5 Å². The van der Waals surface area contributed by atoms with Crippen molar-refractivity contribution < 1.29 is 14.3 Å². The van der Waals surface area contributed by atoms with E-state index in [2.05, 4.69) is 20.9 Å². The number of aliphatic imine (C=N–C) groups is 1. The molecule has 1 heterocycles. The molecule has 1 atom stereocenters. The SMILES string of the molecule is CCNC(=NCCOc1cccc(NC(C)=O)c1)NC1CCN(C(=O)CC)C1. The predicted octanol–water partition coefficient (Wildman–Crippen LogP) is 1.59. The summed E-state index contributed by atoms with van der Waals surface area (Å²) >= 11 is 0. The van der Waals surface area contributed by atoms with Crippen LogP contribution < -0.4 is 20.7 Å². The predicted molar refractivity (Wildman–Crippen MR) is 111 cm³/mol. The maximum Gasteiger partial charge on any atom is 0.222 e. The third-order valence-electron chi connectivity index (χ3n) is 4.31. The number of nitrogens with zero attached hydrogens (tertiary/aromatic N) is 2. The molecule has 1 saturated heterocycles. The number of anilines is 1. The molecule has 1 unspecified atom stereocenters. The zero-order valence-electron chi connectivity index (χ0n) is 17.0. The molecule has 0 bridgehead atoms. The zero-order valence-corrected chi connectivity index (χ0v) is 17.0. The van der Waals surface area contributed by atoms with Crippen LogP contribution in [0.15, 0.2) is 29.3 Å². The summed E-state index contributed by atoms with van der Waals surface area (Å²) in [5, 5.41) is 9.36. The first-order chi connectivity index (χ1) is 13.5. The fourth-order valence-electron chi connectivity index (χ4n) is 3.03. The van der Waals surface area contributed by atoms with Crippen molar-refractivity contribution in [3.8, 4) is 5.75 Å². The normalized spacial score (nSPS) is 16.6. The Morgan fingerprint density at radius 2 is 2.14 bits per heavy atom. The zero-order chi connectivity index (χ0) is 20.4. The van der Waals surface area contributed by atoms with Gasteiger partial charge in [-0.05, 0) is 25.5 Å². The maximum atomic E-state index is 11.8. The first kappa shape index (κ1) is 21.5. The number of benzene rings is 1. The molecule has 0 saturated carbocycles. The van der Waals surface area contributed by atoms with Gasteiger partial charge in [-0.25, -0.2) is 4.99 Å². The van der Waals surface area contributed by atoms with Gasteiger partial charge in [0.1, 0.15) is 12.4 Å². The molecule has 2 amide bonds. The fourth-order valence-corrected chi connectivity index (χ4v) is 3.03. The first-order valence-electron chi connectivity index (χ1n) is 9.84. The van der Waals surface area contributed by atoms with Crippen LogP contribution in [-0.2, 0) is 9.59 Å². The van der Waals surface area contributed by atoms with E-state index < -0.39 is 0 Å². The molecule has 154 valence electrons. The summed E-state index contributed by atoms with van der Waals surface area (Å²) in [5.74, 6) is 1.49. The van der Waals surface area contributed by atoms with E-state index >= 15 is 0 Å². The summed E-state index contributed by atoms with van der Waals surface area (Å²) in [7, 11) is 0. The van der Waals surface area contributed by atoms with Crippen molar-refractivity contribution in [2.45, 2.75) is 39.7 Å². The highest BCUT2D eigenvalue weighted by molar-refractivity contribution is 5.88. The van der Waals surface area contributed by atoms with Crippen molar-refractivity contribution in [2.75, 3.05) is 38.1 Å². The van der Waals surface area contributed by atoms with Gasteiger partial charge in [0, 0.05) is 50.8 Å². The maximum absolute atomic E-state index is 11.8. The van der Waals surface area contributed by atoms with Crippen LogP contribution in [0.4, 0.5) is 5.69 Å². The van der Waals surface area contributed by atoms with Crippen LogP contribution in [0.3, 0.4) is 0 Å². The minimum absolute atomic E-state index is 0.116. The van der Waals surface area contributed by atoms with Gasteiger partial charge in [0.25, 0.3) is 0 Å². The van der Waals surface area contributed by atoms with Gasteiger partial charge in [0.2, 0.25) is 11.8 Å². The van der Waals surface area contributed by atoms with Crippen LogP contribution in [0, 0.1) is 0 Å². The van der Waals surface area contributed by atoms with E-state index in [1.165, 1.54) is 6.92 Å². The highest BCUT2D eigenvalue weighted by Crippen LogP contribution is 2.17. The van der Waals surface area contributed by atoms with Gasteiger partial charge in [-0.1, -0.05) is 13.0 Å². The van der Waals surface area contributed by atoms with E-state index in [1.54, 1.807) is 6.07 Å². The van der Waals surface area contributed by atoms with Crippen LogP contribution in [0.2, 0.25) is 0 Å². The third-order valence-corrected chi connectivity index (χ3v) is 4.31. The van der Waals surface area contributed by atoms with Gasteiger partial charge in [-0.2, -0.15) is 0 Å². The van der Waals surface area contributed by atoms with Gasteiger partial charge >= 0.3 is 0 Å². The highest BCUT2D eigenvalue weighted by atomic mass is 16.5. The summed E-state index contributed by atoms with van der Waals surface area (Å²) in [6.45, 7) is 8.55. The lowest BCUT2D eigenvalue weighted by molar-refractivity contribution is -0.129. The number of likely N-dealkylation sites (tertiary alicyclic amines) is 1. The number of hydrogen-bond donors (Lipinski definition) is 3. The molecule has 0 radical (unpaired) electrons. The minimum atomic E-state index is -0.116. The van der Waals surface area contributed by atoms with Crippen LogP contribution in [-0.4, -0.2) is 61.5 Å². The molecule has 1 fully saturated rings. The Labute approximate surface area is 166 Å². The molecular weight excluding hydrogens is 358 g/mol. The lowest BCUT2D eigenvalue weighted by atomic mass is 10.3.